The molecule has 0 unspecified atom stereocenters. The smallest absolute Gasteiger partial charge is 0.338 e. The molecule has 3 rings (SSSR count). The molecule has 1 fully saturated rings. The van der Waals surface area contributed by atoms with E-state index < -0.39 is 12.0 Å². The fourth-order valence-electron chi connectivity index (χ4n) is 2.92. The number of amides is 1. The first-order valence-electron chi connectivity index (χ1n) is 7.60. The molecule has 0 N–H and O–H groups in total. The Morgan fingerprint density at radius 2 is 2.04 bits per heavy atom. The number of allylic oxidation sites excluding steroid dienone is 1. The van der Waals surface area contributed by atoms with Crippen LogP contribution in [-0.2, 0) is 14.3 Å². The standard InChI is InChI=1S/C17H17IN2O3S/c1-4-12-15(21)20-14(10-5-7-11(18)8-6-10)13(16(22)23-3)9(2)19-17(20)24-12/h5-8,12,14H,4H2,1-3H3/t12-,14-/m1/s1. The van der Waals surface area contributed by atoms with Crippen LogP contribution in [0.1, 0.15) is 31.9 Å². The Labute approximate surface area is 158 Å². The summed E-state index contributed by atoms with van der Waals surface area (Å²) in [7, 11) is 1.35. The van der Waals surface area contributed by atoms with E-state index in [1.807, 2.05) is 31.2 Å². The quantitative estimate of drug-likeness (QED) is 0.516. The predicted molar refractivity (Wildman–Crippen MR) is 103 cm³/mol. The van der Waals surface area contributed by atoms with Crippen LogP contribution >= 0.6 is 34.4 Å². The largest absolute Gasteiger partial charge is 0.466 e. The Kier molecular flexibility index (Phi) is 5.00. The summed E-state index contributed by atoms with van der Waals surface area (Å²) in [6.07, 6.45) is 0.727. The number of carbonyl (C=O) groups is 2. The highest BCUT2D eigenvalue weighted by molar-refractivity contribution is 14.1. The number of aliphatic imine (C=N–C) groups is 1. The lowest BCUT2D eigenvalue weighted by Crippen LogP contribution is -2.40. The van der Waals surface area contributed by atoms with Gasteiger partial charge in [0, 0.05) is 3.57 Å². The zero-order valence-electron chi connectivity index (χ0n) is 13.6. The molecule has 0 saturated carbocycles. The van der Waals surface area contributed by atoms with Crippen molar-refractivity contribution >= 4 is 51.4 Å². The minimum Gasteiger partial charge on any atom is -0.466 e. The van der Waals surface area contributed by atoms with Crippen LogP contribution in [0.4, 0.5) is 0 Å². The Morgan fingerprint density at radius 1 is 1.38 bits per heavy atom. The highest BCUT2D eigenvalue weighted by Crippen LogP contribution is 2.43. The first kappa shape index (κ1) is 17.5. The number of carbonyl (C=O) groups excluding carboxylic acids is 2. The van der Waals surface area contributed by atoms with Crippen LogP contribution in [0, 0.1) is 3.57 Å². The number of rotatable bonds is 3. The molecule has 0 aliphatic carbocycles. The van der Waals surface area contributed by atoms with Crippen molar-refractivity contribution in [3.05, 3.63) is 44.7 Å². The van der Waals surface area contributed by atoms with Crippen LogP contribution in [0.25, 0.3) is 0 Å². The van der Waals surface area contributed by atoms with E-state index in [1.165, 1.54) is 18.9 Å². The van der Waals surface area contributed by atoms with Gasteiger partial charge in [-0.25, -0.2) is 9.79 Å². The lowest BCUT2D eigenvalue weighted by atomic mass is 9.94. The van der Waals surface area contributed by atoms with Crippen molar-refractivity contribution < 1.29 is 14.3 Å². The van der Waals surface area contributed by atoms with Gasteiger partial charge in [0.2, 0.25) is 5.91 Å². The highest BCUT2D eigenvalue weighted by atomic mass is 127. The Balaban J connectivity index is 2.15. The van der Waals surface area contributed by atoms with Crippen LogP contribution < -0.4 is 0 Å². The summed E-state index contributed by atoms with van der Waals surface area (Å²) in [4.78, 5) is 31.4. The Hall–Kier alpha value is -1.35. The van der Waals surface area contributed by atoms with E-state index in [0.29, 0.717) is 16.4 Å². The van der Waals surface area contributed by atoms with Crippen molar-refractivity contribution in [1.29, 1.82) is 0 Å². The minimum atomic E-state index is -0.488. The first-order valence-corrected chi connectivity index (χ1v) is 9.56. The van der Waals surface area contributed by atoms with Crippen LogP contribution in [0.3, 0.4) is 0 Å². The van der Waals surface area contributed by atoms with E-state index in [1.54, 1.807) is 11.8 Å². The van der Waals surface area contributed by atoms with Gasteiger partial charge in [0.05, 0.1) is 29.7 Å². The number of benzene rings is 1. The predicted octanol–water partition coefficient (Wildman–Crippen LogP) is 3.50. The molecule has 1 aromatic carbocycles. The van der Waals surface area contributed by atoms with Gasteiger partial charge in [-0.05, 0) is 53.6 Å². The molecule has 2 aliphatic heterocycles. The van der Waals surface area contributed by atoms with E-state index >= 15 is 0 Å². The number of hydrogen-bond acceptors (Lipinski definition) is 5. The van der Waals surface area contributed by atoms with Crippen molar-refractivity contribution in [3.8, 4) is 0 Å². The molecule has 0 aromatic heterocycles. The normalized spacial score (nSPS) is 23.2. The molecule has 1 aromatic rings. The molecule has 2 aliphatic rings. The molecule has 0 spiro atoms. The number of esters is 1. The number of methoxy groups -OCH3 is 1. The van der Waals surface area contributed by atoms with Crippen molar-refractivity contribution in [3.63, 3.8) is 0 Å². The number of halogens is 1. The summed E-state index contributed by atoms with van der Waals surface area (Å²) in [6, 6.07) is 7.34. The van der Waals surface area contributed by atoms with E-state index in [0.717, 1.165) is 15.6 Å². The van der Waals surface area contributed by atoms with E-state index in [4.69, 9.17) is 4.74 Å². The van der Waals surface area contributed by atoms with Crippen LogP contribution in [-0.4, -0.2) is 34.3 Å². The van der Waals surface area contributed by atoms with E-state index in [2.05, 4.69) is 27.6 Å². The van der Waals surface area contributed by atoms with Crippen LogP contribution in [0.2, 0.25) is 0 Å². The van der Waals surface area contributed by atoms with E-state index in [9.17, 15) is 9.59 Å². The number of fused-ring (bicyclic) bond motifs is 1. The maximum absolute atomic E-state index is 12.8. The fraction of sp³-hybridized carbons (Fsp3) is 0.353. The number of hydrogen-bond donors (Lipinski definition) is 0. The van der Waals surface area contributed by atoms with Crippen molar-refractivity contribution in [2.45, 2.75) is 31.6 Å². The molecule has 0 bridgehead atoms. The SMILES string of the molecule is CC[C@H]1SC2=NC(C)=C(C(=O)OC)[C@@H](c3ccc(I)cc3)N2C1=O. The second kappa shape index (κ2) is 6.87. The fourth-order valence-corrected chi connectivity index (χ4v) is 4.41. The number of amidine groups is 1. The molecule has 1 saturated heterocycles. The maximum Gasteiger partial charge on any atom is 0.338 e. The molecule has 24 heavy (non-hydrogen) atoms. The molecule has 2 heterocycles. The summed E-state index contributed by atoms with van der Waals surface area (Å²) in [6.45, 7) is 3.77. The van der Waals surface area contributed by atoms with Crippen molar-refractivity contribution in [1.82, 2.24) is 4.90 Å². The monoisotopic (exact) mass is 456 g/mol. The molecular weight excluding hydrogens is 439 g/mol. The molecule has 7 heteroatoms. The third kappa shape index (κ3) is 2.88. The van der Waals surface area contributed by atoms with Gasteiger partial charge in [0.15, 0.2) is 5.17 Å². The number of ether oxygens (including phenoxy) is 1. The Bertz CT molecular complexity index is 758. The van der Waals surface area contributed by atoms with Gasteiger partial charge in [-0.2, -0.15) is 0 Å². The van der Waals surface area contributed by atoms with Gasteiger partial charge in [-0.3, -0.25) is 9.69 Å². The number of nitrogens with zero attached hydrogens (tertiary/aromatic N) is 2. The molecule has 1 amide bonds. The lowest BCUT2D eigenvalue weighted by Gasteiger charge is -2.32. The highest BCUT2D eigenvalue weighted by Gasteiger charge is 2.46. The summed E-state index contributed by atoms with van der Waals surface area (Å²) in [5, 5.41) is 0.514. The third-order valence-corrected chi connectivity index (χ3v) is 6.15. The Morgan fingerprint density at radius 3 is 2.62 bits per heavy atom. The molecule has 2 atom stereocenters. The van der Waals surface area contributed by atoms with Gasteiger partial charge in [0.1, 0.15) is 0 Å². The summed E-state index contributed by atoms with van der Waals surface area (Å²) < 4.78 is 6.05. The third-order valence-electron chi connectivity index (χ3n) is 4.11. The zero-order chi connectivity index (χ0) is 17.4. The second-order valence-electron chi connectivity index (χ2n) is 5.56. The summed E-state index contributed by atoms with van der Waals surface area (Å²) >= 11 is 3.70. The summed E-state index contributed by atoms with van der Waals surface area (Å²) in [5.74, 6) is -0.449. The van der Waals surface area contributed by atoms with Gasteiger partial charge in [-0.15, -0.1) is 0 Å². The minimum absolute atomic E-state index is 0.00120. The van der Waals surface area contributed by atoms with Crippen LogP contribution in [0.5, 0.6) is 0 Å². The second-order valence-corrected chi connectivity index (χ2v) is 7.98. The van der Waals surface area contributed by atoms with Crippen molar-refractivity contribution in [2.75, 3.05) is 7.11 Å². The van der Waals surface area contributed by atoms with Gasteiger partial charge in [-0.1, -0.05) is 30.8 Å². The molecule has 126 valence electrons. The van der Waals surface area contributed by atoms with Gasteiger partial charge < -0.3 is 4.74 Å². The maximum atomic E-state index is 12.8. The van der Waals surface area contributed by atoms with Crippen LogP contribution in [0.15, 0.2) is 40.5 Å². The van der Waals surface area contributed by atoms with E-state index in [-0.39, 0.29) is 11.2 Å². The topological polar surface area (TPSA) is 59.0 Å². The van der Waals surface area contributed by atoms with Gasteiger partial charge >= 0.3 is 5.97 Å². The molecule has 0 radical (unpaired) electrons. The average molecular weight is 456 g/mol. The number of thioether (sulfide) groups is 1. The first-order chi connectivity index (χ1) is 11.5. The van der Waals surface area contributed by atoms with Gasteiger partial charge in [0.25, 0.3) is 0 Å². The summed E-state index contributed by atoms with van der Waals surface area (Å²) in [5.41, 5.74) is 1.91. The zero-order valence-corrected chi connectivity index (χ0v) is 16.6. The van der Waals surface area contributed by atoms with Crippen molar-refractivity contribution in [2.24, 2.45) is 4.99 Å². The lowest BCUT2D eigenvalue weighted by molar-refractivity contribution is -0.137. The average Bonchev–Trinajstić information content (AvgIpc) is 2.89. The molecule has 5 nitrogen and oxygen atoms in total. The molecular formula is C17H17IN2O3S.